The molecule has 2 aromatic heterocycles. The smallest absolute Gasteiger partial charge is 0.307 e. The van der Waals surface area contributed by atoms with Crippen LogP contribution in [0.4, 0.5) is 5.82 Å². The highest BCUT2D eigenvalue weighted by Crippen LogP contribution is 2.47. The van der Waals surface area contributed by atoms with Gasteiger partial charge >= 0.3 is 11.9 Å². The van der Waals surface area contributed by atoms with Crippen LogP contribution in [0.15, 0.2) is 18.5 Å². The number of aliphatic hydroxyl groups excluding tert-OH is 1. The molecular formula is C20H25N5O6. The fourth-order valence-electron chi connectivity index (χ4n) is 4.20. The number of aromatic nitrogens is 3. The molecule has 5 atom stereocenters. The third kappa shape index (κ3) is 3.68. The summed E-state index contributed by atoms with van der Waals surface area (Å²) in [5.74, 6) is -3.95. The van der Waals surface area contributed by atoms with Crippen molar-refractivity contribution in [1.29, 1.82) is 5.26 Å². The second kappa shape index (κ2) is 8.49. The third-order valence-corrected chi connectivity index (χ3v) is 5.69. The molecule has 3 rings (SSSR count). The second-order valence-electron chi connectivity index (χ2n) is 7.83. The van der Waals surface area contributed by atoms with Crippen LogP contribution in [0.25, 0.3) is 5.52 Å². The van der Waals surface area contributed by atoms with Gasteiger partial charge in [0.15, 0.2) is 5.82 Å². The summed E-state index contributed by atoms with van der Waals surface area (Å²) >= 11 is 0. The molecule has 166 valence electrons. The largest absolute Gasteiger partial charge is 0.481 e. The topological polar surface area (TPSA) is 173 Å². The zero-order valence-corrected chi connectivity index (χ0v) is 17.4. The first kappa shape index (κ1) is 22.5. The lowest BCUT2D eigenvalue weighted by Crippen LogP contribution is -2.44. The molecule has 2 aromatic rings. The van der Waals surface area contributed by atoms with E-state index in [1.54, 1.807) is 26.8 Å². The molecule has 0 saturated carbocycles. The van der Waals surface area contributed by atoms with Gasteiger partial charge in [0.05, 0.1) is 11.6 Å². The number of rotatable bonds is 7. The zero-order chi connectivity index (χ0) is 22.9. The van der Waals surface area contributed by atoms with Gasteiger partial charge in [-0.15, -0.1) is 0 Å². The molecule has 0 bridgehead atoms. The number of aliphatic carboxylic acids is 1. The van der Waals surface area contributed by atoms with Crippen LogP contribution in [-0.2, 0) is 24.7 Å². The standard InChI is InChI=1S/C20H25N5O6/c1-4-14(26)30-7-12-16(15(10(2)3)19(28)29)17(27)20(8-21,31-12)13-6-5-11-18(22)23-9-24-25(11)13/h5-6,9-10,12,15-17,27H,4,7H2,1-3H3,(H,28,29)(H2,22,23,24)/t12?,15?,16-,17+,20-/m0/s1. The lowest BCUT2D eigenvalue weighted by molar-refractivity contribution is -0.152. The quantitative estimate of drug-likeness (QED) is 0.530. The van der Waals surface area contributed by atoms with Gasteiger partial charge in [-0.25, -0.2) is 9.50 Å². The van der Waals surface area contributed by atoms with E-state index in [1.807, 2.05) is 6.07 Å². The van der Waals surface area contributed by atoms with Gasteiger partial charge in [0.1, 0.15) is 36.7 Å². The molecule has 0 spiro atoms. The molecule has 1 aliphatic heterocycles. The number of carboxylic acids is 1. The molecule has 31 heavy (non-hydrogen) atoms. The molecule has 1 fully saturated rings. The number of nitrogens with two attached hydrogens (primary N) is 1. The Morgan fingerprint density at radius 2 is 2.16 bits per heavy atom. The maximum Gasteiger partial charge on any atom is 0.307 e. The average molecular weight is 431 g/mol. The monoisotopic (exact) mass is 431 g/mol. The number of anilines is 1. The summed E-state index contributed by atoms with van der Waals surface area (Å²) in [5, 5.41) is 35.4. The van der Waals surface area contributed by atoms with E-state index in [0.717, 1.165) is 0 Å². The maximum absolute atomic E-state index is 12.1. The number of carbonyl (C=O) groups excluding carboxylic acids is 1. The molecular weight excluding hydrogens is 406 g/mol. The van der Waals surface area contributed by atoms with Crippen LogP contribution in [0.1, 0.15) is 32.9 Å². The van der Waals surface area contributed by atoms with E-state index < -0.39 is 41.6 Å². The van der Waals surface area contributed by atoms with Crippen molar-refractivity contribution in [3.8, 4) is 6.07 Å². The SMILES string of the molecule is CCC(=O)OCC1O[C@@](C#N)(c2ccc3c(N)ncnn23)[C@H](O)[C@@H]1C(C(=O)O)C(C)C. The van der Waals surface area contributed by atoms with E-state index in [9.17, 15) is 25.1 Å². The number of ether oxygens (including phenoxy) is 2. The van der Waals surface area contributed by atoms with Crippen LogP contribution in [0.3, 0.4) is 0 Å². The fourth-order valence-corrected chi connectivity index (χ4v) is 4.20. The number of carbonyl (C=O) groups is 2. The van der Waals surface area contributed by atoms with Crippen molar-refractivity contribution >= 4 is 23.3 Å². The zero-order valence-electron chi connectivity index (χ0n) is 17.4. The molecule has 11 nitrogen and oxygen atoms in total. The van der Waals surface area contributed by atoms with Crippen molar-refractivity contribution < 1.29 is 29.3 Å². The summed E-state index contributed by atoms with van der Waals surface area (Å²) in [6.45, 7) is 4.73. The normalized spacial score (nSPS) is 26.6. The van der Waals surface area contributed by atoms with E-state index in [1.165, 1.54) is 16.9 Å². The lowest BCUT2D eigenvalue weighted by Gasteiger charge is -2.30. The van der Waals surface area contributed by atoms with Crippen molar-refractivity contribution in [2.45, 2.75) is 45.0 Å². The highest BCUT2D eigenvalue weighted by Gasteiger charge is 2.61. The number of aliphatic hydroxyl groups is 1. The van der Waals surface area contributed by atoms with Crippen molar-refractivity contribution in [2.75, 3.05) is 12.3 Å². The Morgan fingerprint density at radius 1 is 1.45 bits per heavy atom. The molecule has 0 aliphatic carbocycles. The van der Waals surface area contributed by atoms with Crippen LogP contribution in [-0.4, -0.2) is 55.6 Å². The minimum Gasteiger partial charge on any atom is -0.481 e. The minimum atomic E-state index is -1.95. The van der Waals surface area contributed by atoms with E-state index in [-0.39, 0.29) is 30.5 Å². The summed E-state index contributed by atoms with van der Waals surface area (Å²) in [4.78, 5) is 27.7. The van der Waals surface area contributed by atoms with Crippen molar-refractivity contribution in [2.24, 2.45) is 17.8 Å². The van der Waals surface area contributed by atoms with E-state index >= 15 is 0 Å². The number of nitriles is 1. The Hall–Kier alpha value is -3.23. The van der Waals surface area contributed by atoms with Crippen LogP contribution in [0.5, 0.6) is 0 Å². The van der Waals surface area contributed by atoms with Crippen LogP contribution in [0, 0.1) is 29.1 Å². The number of esters is 1. The van der Waals surface area contributed by atoms with Gasteiger partial charge < -0.3 is 25.4 Å². The first-order valence-corrected chi connectivity index (χ1v) is 9.92. The highest BCUT2D eigenvalue weighted by atomic mass is 16.6. The Balaban J connectivity index is 2.12. The van der Waals surface area contributed by atoms with Crippen LogP contribution >= 0.6 is 0 Å². The number of nitrogens with zero attached hydrogens (tertiary/aromatic N) is 4. The van der Waals surface area contributed by atoms with Crippen molar-refractivity contribution in [1.82, 2.24) is 14.6 Å². The third-order valence-electron chi connectivity index (χ3n) is 5.69. The van der Waals surface area contributed by atoms with E-state index in [2.05, 4.69) is 10.1 Å². The van der Waals surface area contributed by atoms with Gasteiger partial charge in [0, 0.05) is 12.3 Å². The van der Waals surface area contributed by atoms with Gasteiger partial charge in [-0.3, -0.25) is 9.59 Å². The Morgan fingerprint density at radius 3 is 2.74 bits per heavy atom. The second-order valence-corrected chi connectivity index (χ2v) is 7.83. The molecule has 4 N–H and O–H groups in total. The first-order chi connectivity index (χ1) is 14.7. The molecule has 1 saturated heterocycles. The Labute approximate surface area is 178 Å². The molecule has 11 heteroatoms. The number of nitrogen functional groups attached to an aromatic ring is 1. The summed E-state index contributed by atoms with van der Waals surface area (Å²) in [6.07, 6.45) is -1.25. The number of hydrogen-bond donors (Lipinski definition) is 3. The first-order valence-electron chi connectivity index (χ1n) is 9.92. The fraction of sp³-hybridized carbons (Fsp3) is 0.550. The molecule has 3 heterocycles. The number of hydrogen-bond acceptors (Lipinski definition) is 9. The molecule has 0 radical (unpaired) electrons. The molecule has 0 aromatic carbocycles. The Bertz CT molecular complexity index is 1030. The highest BCUT2D eigenvalue weighted by molar-refractivity contribution is 5.71. The van der Waals surface area contributed by atoms with Gasteiger partial charge in [-0.05, 0) is 18.1 Å². The molecule has 0 amide bonds. The van der Waals surface area contributed by atoms with E-state index in [4.69, 9.17) is 15.2 Å². The summed E-state index contributed by atoms with van der Waals surface area (Å²) in [6, 6.07) is 5.11. The summed E-state index contributed by atoms with van der Waals surface area (Å²) in [5.41, 5.74) is 4.49. The predicted molar refractivity (Wildman–Crippen MR) is 106 cm³/mol. The van der Waals surface area contributed by atoms with Crippen LogP contribution in [0.2, 0.25) is 0 Å². The minimum absolute atomic E-state index is 0.120. The van der Waals surface area contributed by atoms with Crippen molar-refractivity contribution in [3.63, 3.8) is 0 Å². The average Bonchev–Trinajstić information content (AvgIpc) is 3.27. The predicted octanol–water partition coefficient (Wildman–Crippen LogP) is 0.716. The summed E-state index contributed by atoms with van der Waals surface area (Å²) in [7, 11) is 0. The maximum atomic E-state index is 12.1. The summed E-state index contributed by atoms with van der Waals surface area (Å²) < 4.78 is 12.5. The van der Waals surface area contributed by atoms with E-state index in [0.29, 0.717) is 5.52 Å². The van der Waals surface area contributed by atoms with Crippen molar-refractivity contribution in [3.05, 3.63) is 24.2 Å². The Kier molecular flexibility index (Phi) is 6.15. The van der Waals surface area contributed by atoms with Gasteiger partial charge in [-0.1, -0.05) is 20.8 Å². The number of carboxylic acid groups (broad SMARTS) is 1. The van der Waals surface area contributed by atoms with Gasteiger partial charge in [-0.2, -0.15) is 10.4 Å². The van der Waals surface area contributed by atoms with Crippen LogP contribution < -0.4 is 5.73 Å². The van der Waals surface area contributed by atoms with Gasteiger partial charge in [0.25, 0.3) is 0 Å². The van der Waals surface area contributed by atoms with Gasteiger partial charge in [0.2, 0.25) is 5.60 Å². The molecule has 2 unspecified atom stereocenters. The lowest BCUT2D eigenvalue weighted by atomic mass is 9.74. The number of fused-ring (bicyclic) bond motifs is 1. The molecule has 1 aliphatic rings.